The van der Waals surface area contributed by atoms with Crippen molar-refractivity contribution in [1.29, 1.82) is 0 Å². The number of carbonyl (C=O) groups excluding carboxylic acids is 1. The lowest BCUT2D eigenvalue weighted by Crippen LogP contribution is -2.38. The van der Waals surface area contributed by atoms with Crippen molar-refractivity contribution in [3.8, 4) is 16.9 Å². The number of amides is 1. The van der Waals surface area contributed by atoms with Gasteiger partial charge in [0.15, 0.2) is 0 Å². The summed E-state index contributed by atoms with van der Waals surface area (Å²) in [5, 5.41) is 9.44. The first-order chi connectivity index (χ1) is 13.0. The van der Waals surface area contributed by atoms with Crippen LogP contribution in [0.15, 0.2) is 60.7 Å². The van der Waals surface area contributed by atoms with E-state index in [1.807, 2.05) is 25.1 Å². The summed E-state index contributed by atoms with van der Waals surface area (Å²) in [6.45, 7) is 1.90. The molecule has 5 heteroatoms. The number of carbonyl (C=O) groups is 1. The second-order valence-electron chi connectivity index (χ2n) is 6.51. The molecule has 0 saturated heterocycles. The fourth-order valence-electron chi connectivity index (χ4n) is 3.73. The molecule has 1 aliphatic heterocycles. The van der Waals surface area contributed by atoms with Crippen LogP contribution in [0.5, 0.6) is 5.75 Å². The van der Waals surface area contributed by atoms with Crippen LogP contribution < -0.4 is 4.90 Å². The van der Waals surface area contributed by atoms with Gasteiger partial charge in [0.25, 0.3) is 5.91 Å². The van der Waals surface area contributed by atoms with E-state index < -0.39 is 17.8 Å². The van der Waals surface area contributed by atoms with Crippen LogP contribution in [0.3, 0.4) is 0 Å². The molecule has 0 radical (unpaired) electrons. The first-order valence-corrected chi connectivity index (χ1v) is 8.72. The minimum Gasteiger partial charge on any atom is -0.508 e. The summed E-state index contributed by atoms with van der Waals surface area (Å²) < 4.78 is 28.3. The highest BCUT2D eigenvalue weighted by molar-refractivity contribution is 6.10. The van der Waals surface area contributed by atoms with Crippen molar-refractivity contribution in [1.82, 2.24) is 0 Å². The predicted molar refractivity (Wildman–Crippen MR) is 99.7 cm³/mol. The Balaban J connectivity index is 1.93. The lowest BCUT2D eigenvalue weighted by Gasteiger charge is -2.38. The first-order valence-electron chi connectivity index (χ1n) is 8.72. The highest BCUT2D eigenvalue weighted by Crippen LogP contribution is 2.46. The monoisotopic (exact) mass is 365 g/mol. The zero-order chi connectivity index (χ0) is 19.1. The van der Waals surface area contributed by atoms with Crippen LogP contribution in [0, 0.1) is 11.6 Å². The van der Waals surface area contributed by atoms with Crippen LogP contribution in [-0.2, 0) is 0 Å². The van der Waals surface area contributed by atoms with Crippen LogP contribution in [0.4, 0.5) is 14.5 Å². The Morgan fingerprint density at radius 2 is 1.81 bits per heavy atom. The van der Waals surface area contributed by atoms with Gasteiger partial charge >= 0.3 is 0 Å². The van der Waals surface area contributed by atoms with Gasteiger partial charge in [-0.05, 0) is 47.9 Å². The maximum atomic E-state index is 14.4. The van der Waals surface area contributed by atoms with Crippen molar-refractivity contribution in [2.45, 2.75) is 19.4 Å². The molecular formula is C22H17F2NO2. The number of anilines is 1. The number of fused-ring (bicyclic) bond motifs is 3. The Morgan fingerprint density at radius 1 is 1.04 bits per heavy atom. The number of hydrogen-bond donors (Lipinski definition) is 1. The zero-order valence-corrected chi connectivity index (χ0v) is 14.6. The lowest BCUT2D eigenvalue weighted by atomic mass is 9.86. The van der Waals surface area contributed by atoms with Crippen molar-refractivity contribution >= 4 is 11.6 Å². The Kier molecular flexibility index (Phi) is 4.15. The number of phenolic OH excluding ortho intramolecular Hbond substituents is 1. The summed E-state index contributed by atoms with van der Waals surface area (Å²) in [6, 6.07) is 14.9. The Morgan fingerprint density at radius 3 is 2.56 bits per heavy atom. The highest BCUT2D eigenvalue weighted by atomic mass is 19.1. The van der Waals surface area contributed by atoms with Gasteiger partial charge in [0.1, 0.15) is 17.4 Å². The minimum absolute atomic E-state index is 0.138. The molecule has 1 unspecified atom stereocenters. The molecule has 0 fully saturated rings. The minimum atomic E-state index is -0.794. The second-order valence-corrected chi connectivity index (χ2v) is 6.51. The molecular weight excluding hydrogens is 348 g/mol. The Bertz CT molecular complexity index is 1050. The van der Waals surface area contributed by atoms with Crippen LogP contribution in [0.1, 0.15) is 35.3 Å². The fourth-order valence-corrected chi connectivity index (χ4v) is 3.73. The van der Waals surface area contributed by atoms with E-state index in [0.29, 0.717) is 17.7 Å². The largest absolute Gasteiger partial charge is 0.508 e. The molecule has 0 bridgehead atoms. The van der Waals surface area contributed by atoms with Crippen LogP contribution >= 0.6 is 0 Å². The number of halogens is 2. The van der Waals surface area contributed by atoms with Crippen molar-refractivity contribution in [2.75, 3.05) is 4.90 Å². The van der Waals surface area contributed by atoms with E-state index in [-0.39, 0.29) is 17.1 Å². The smallest absolute Gasteiger partial charge is 0.261 e. The molecule has 1 aliphatic rings. The number of phenols is 1. The van der Waals surface area contributed by atoms with Gasteiger partial charge in [-0.2, -0.15) is 0 Å². The van der Waals surface area contributed by atoms with Crippen LogP contribution in [-0.4, -0.2) is 11.0 Å². The lowest BCUT2D eigenvalue weighted by molar-refractivity contribution is 0.0971. The molecule has 0 saturated carbocycles. The molecule has 1 N–H and O–H groups in total. The van der Waals surface area contributed by atoms with Crippen molar-refractivity contribution in [3.05, 3.63) is 83.4 Å². The normalized spacial score (nSPS) is 15.2. The van der Waals surface area contributed by atoms with Gasteiger partial charge < -0.3 is 10.0 Å². The maximum absolute atomic E-state index is 14.4. The second kappa shape index (κ2) is 6.50. The number of para-hydroxylation sites is 1. The van der Waals surface area contributed by atoms with Gasteiger partial charge in [-0.1, -0.05) is 31.2 Å². The van der Waals surface area contributed by atoms with E-state index in [4.69, 9.17) is 0 Å². The Labute approximate surface area is 155 Å². The molecule has 0 spiro atoms. The third-order valence-corrected chi connectivity index (χ3v) is 4.93. The first kappa shape index (κ1) is 17.2. The van der Waals surface area contributed by atoms with Gasteiger partial charge in [-0.3, -0.25) is 4.79 Å². The summed E-state index contributed by atoms with van der Waals surface area (Å²) in [6.07, 6.45) is 0.538. The van der Waals surface area contributed by atoms with E-state index in [0.717, 1.165) is 17.2 Å². The standard InChI is InChI=1S/C22H17F2NO2/c1-2-20-18-11-13(23)7-9-15(18)16-5-3-4-6-21(16)25(20)22(27)17-10-8-14(26)12-19(17)24/h3-12,20,26H,2H2,1H3. The number of nitrogens with zero attached hydrogens (tertiary/aromatic N) is 1. The summed E-state index contributed by atoms with van der Waals surface area (Å²) in [5.74, 6) is -1.95. The zero-order valence-electron chi connectivity index (χ0n) is 14.6. The summed E-state index contributed by atoms with van der Waals surface area (Å²) in [4.78, 5) is 14.8. The highest BCUT2D eigenvalue weighted by Gasteiger charge is 2.35. The third-order valence-electron chi connectivity index (χ3n) is 4.93. The van der Waals surface area contributed by atoms with Gasteiger partial charge in [0.2, 0.25) is 0 Å². The SMILES string of the molecule is CCC1c2cc(F)ccc2-c2ccccc2N1C(=O)c1ccc(O)cc1F. The molecule has 3 aromatic carbocycles. The maximum Gasteiger partial charge on any atom is 0.261 e. The van der Waals surface area contributed by atoms with Crippen molar-refractivity contribution in [3.63, 3.8) is 0 Å². The van der Waals surface area contributed by atoms with Crippen molar-refractivity contribution in [2.24, 2.45) is 0 Å². The van der Waals surface area contributed by atoms with Crippen LogP contribution in [0.25, 0.3) is 11.1 Å². The molecule has 3 aromatic rings. The quantitative estimate of drug-likeness (QED) is 0.656. The molecule has 4 rings (SSSR count). The molecule has 136 valence electrons. The van der Waals surface area contributed by atoms with E-state index in [1.165, 1.54) is 29.2 Å². The topological polar surface area (TPSA) is 40.5 Å². The van der Waals surface area contributed by atoms with Gasteiger partial charge in [0.05, 0.1) is 17.3 Å². The number of rotatable bonds is 2. The van der Waals surface area contributed by atoms with Gasteiger partial charge in [0, 0.05) is 11.6 Å². The number of hydrogen-bond acceptors (Lipinski definition) is 2. The summed E-state index contributed by atoms with van der Waals surface area (Å²) in [7, 11) is 0. The molecule has 0 aromatic heterocycles. The summed E-state index contributed by atoms with van der Waals surface area (Å²) in [5.41, 5.74) is 2.88. The number of aromatic hydroxyl groups is 1. The van der Waals surface area contributed by atoms with E-state index in [2.05, 4.69) is 0 Å². The van der Waals surface area contributed by atoms with E-state index in [1.54, 1.807) is 12.1 Å². The molecule has 27 heavy (non-hydrogen) atoms. The Hall–Kier alpha value is -3.21. The molecule has 1 atom stereocenters. The number of benzene rings is 3. The summed E-state index contributed by atoms with van der Waals surface area (Å²) >= 11 is 0. The van der Waals surface area contributed by atoms with E-state index in [9.17, 15) is 18.7 Å². The van der Waals surface area contributed by atoms with Gasteiger partial charge in [-0.25, -0.2) is 8.78 Å². The average Bonchev–Trinajstić information content (AvgIpc) is 2.66. The third kappa shape index (κ3) is 2.76. The molecule has 0 aliphatic carbocycles. The van der Waals surface area contributed by atoms with Crippen LogP contribution in [0.2, 0.25) is 0 Å². The molecule has 1 heterocycles. The van der Waals surface area contributed by atoms with Crippen molar-refractivity contribution < 1.29 is 18.7 Å². The van der Waals surface area contributed by atoms with Gasteiger partial charge in [-0.15, -0.1) is 0 Å². The molecule has 1 amide bonds. The van der Waals surface area contributed by atoms with E-state index >= 15 is 0 Å². The molecule has 3 nitrogen and oxygen atoms in total. The fraction of sp³-hybridized carbons (Fsp3) is 0.136. The average molecular weight is 365 g/mol. The predicted octanol–water partition coefficient (Wildman–Crippen LogP) is 5.45.